The summed E-state index contributed by atoms with van der Waals surface area (Å²) in [6.07, 6.45) is 1.28. The highest BCUT2D eigenvalue weighted by molar-refractivity contribution is 5.00. The summed E-state index contributed by atoms with van der Waals surface area (Å²) in [7, 11) is 4.37. The van der Waals surface area contributed by atoms with E-state index in [1.54, 1.807) is 0 Å². The van der Waals surface area contributed by atoms with E-state index in [0.717, 1.165) is 0 Å². The Morgan fingerprint density at radius 2 is 1.71 bits per heavy atom. The predicted octanol–water partition coefficient (Wildman–Crippen LogP) is 2.20. The molecule has 0 radical (unpaired) electrons. The van der Waals surface area contributed by atoms with Crippen LogP contribution in [0.4, 0.5) is 0 Å². The number of likely N-dealkylation sites (N-methyl/N-ethyl adjacent to an activating group) is 1. The standard InChI is InChI=1S/C12H26N2/c1-11(2,3)14-9-10(13(6)7)8-12(14,4)5/h10H,8-9H2,1-7H3/t10-/m1/s1. The SMILES string of the molecule is CN(C)[C@H]1CN(C(C)(C)C)C(C)(C)C1. The van der Waals surface area contributed by atoms with Crippen LogP contribution in [0, 0.1) is 0 Å². The highest BCUT2D eigenvalue weighted by atomic mass is 15.3. The van der Waals surface area contributed by atoms with Gasteiger partial charge in [-0.25, -0.2) is 0 Å². The molecular weight excluding hydrogens is 172 g/mol. The molecule has 0 aromatic heterocycles. The van der Waals surface area contributed by atoms with Gasteiger partial charge in [0.2, 0.25) is 0 Å². The molecule has 0 aromatic carbocycles. The maximum absolute atomic E-state index is 2.63. The molecule has 14 heavy (non-hydrogen) atoms. The third-order valence-electron chi connectivity index (χ3n) is 3.40. The predicted molar refractivity (Wildman–Crippen MR) is 62.6 cm³/mol. The fourth-order valence-corrected chi connectivity index (χ4v) is 2.74. The van der Waals surface area contributed by atoms with Gasteiger partial charge in [0, 0.05) is 23.7 Å². The molecule has 0 aliphatic carbocycles. The maximum Gasteiger partial charge on any atom is 0.0234 e. The van der Waals surface area contributed by atoms with Gasteiger partial charge in [-0.2, -0.15) is 0 Å². The van der Waals surface area contributed by atoms with Crippen LogP contribution in [0.1, 0.15) is 41.0 Å². The molecule has 0 N–H and O–H groups in total. The Balaban J connectivity index is 2.79. The molecule has 1 rings (SSSR count). The molecule has 1 fully saturated rings. The van der Waals surface area contributed by atoms with Gasteiger partial charge in [0.25, 0.3) is 0 Å². The van der Waals surface area contributed by atoms with Crippen LogP contribution in [0.2, 0.25) is 0 Å². The second-order valence-corrected chi connectivity index (χ2v) is 6.42. The second-order valence-electron chi connectivity index (χ2n) is 6.42. The van der Waals surface area contributed by atoms with Crippen LogP contribution in [-0.2, 0) is 0 Å². The third kappa shape index (κ3) is 2.29. The minimum atomic E-state index is 0.286. The first kappa shape index (κ1) is 12.0. The van der Waals surface area contributed by atoms with Crippen molar-refractivity contribution in [3.63, 3.8) is 0 Å². The molecule has 0 aromatic rings. The Hall–Kier alpha value is -0.0800. The van der Waals surface area contributed by atoms with Crippen molar-refractivity contribution in [1.82, 2.24) is 9.80 Å². The first-order chi connectivity index (χ1) is 6.14. The Bertz CT molecular complexity index is 201. The normalized spacial score (nSPS) is 28.7. The van der Waals surface area contributed by atoms with Crippen molar-refractivity contribution >= 4 is 0 Å². The smallest absolute Gasteiger partial charge is 0.0234 e. The van der Waals surface area contributed by atoms with Crippen LogP contribution in [0.25, 0.3) is 0 Å². The zero-order chi connectivity index (χ0) is 11.1. The molecule has 0 spiro atoms. The van der Waals surface area contributed by atoms with Gasteiger partial charge in [0.05, 0.1) is 0 Å². The molecule has 0 bridgehead atoms. The maximum atomic E-state index is 2.63. The summed E-state index contributed by atoms with van der Waals surface area (Å²) in [6, 6.07) is 0.712. The fourth-order valence-electron chi connectivity index (χ4n) is 2.74. The molecule has 0 unspecified atom stereocenters. The third-order valence-corrected chi connectivity index (χ3v) is 3.40. The van der Waals surface area contributed by atoms with Gasteiger partial charge in [0.1, 0.15) is 0 Å². The summed E-state index contributed by atoms with van der Waals surface area (Å²) in [4.78, 5) is 4.98. The van der Waals surface area contributed by atoms with Gasteiger partial charge >= 0.3 is 0 Å². The van der Waals surface area contributed by atoms with Gasteiger partial charge in [-0.05, 0) is 55.1 Å². The molecule has 0 saturated carbocycles. The number of rotatable bonds is 1. The van der Waals surface area contributed by atoms with E-state index >= 15 is 0 Å². The first-order valence-corrected chi connectivity index (χ1v) is 5.59. The van der Waals surface area contributed by atoms with Crippen LogP contribution in [0.3, 0.4) is 0 Å². The zero-order valence-electron chi connectivity index (χ0n) is 10.9. The molecule has 2 nitrogen and oxygen atoms in total. The lowest BCUT2D eigenvalue weighted by atomic mass is 9.95. The van der Waals surface area contributed by atoms with E-state index in [1.807, 2.05) is 0 Å². The van der Waals surface area contributed by atoms with E-state index in [-0.39, 0.29) is 5.54 Å². The van der Waals surface area contributed by atoms with Crippen LogP contribution in [0.5, 0.6) is 0 Å². The van der Waals surface area contributed by atoms with Crippen molar-refractivity contribution in [3.05, 3.63) is 0 Å². The number of hydrogen-bond acceptors (Lipinski definition) is 2. The van der Waals surface area contributed by atoms with E-state index < -0.39 is 0 Å². The van der Waals surface area contributed by atoms with Gasteiger partial charge < -0.3 is 4.90 Å². The fraction of sp³-hybridized carbons (Fsp3) is 1.00. The molecule has 0 amide bonds. The average molecular weight is 198 g/mol. The lowest BCUT2D eigenvalue weighted by molar-refractivity contribution is 0.0664. The van der Waals surface area contributed by atoms with Gasteiger partial charge in [-0.3, -0.25) is 4.90 Å². The zero-order valence-corrected chi connectivity index (χ0v) is 10.9. The summed E-state index contributed by atoms with van der Waals surface area (Å²) in [5.41, 5.74) is 0.626. The summed E-state index contributed by atoms with van der Waals surface area (Å²) in [6.45, 7) is 12.9. The summed E-state index contributed by atoms with van der Waals surface area (Å²) in [5.74, 6) is 0. The monoisotopic (exact) mass is 198 g/mol. The molecule has 1 atom stereocenters. The summed E-state index contributed by atoms with van der Waals surface area (Å²) >= 11 is 0. The van der Waals surface area contributed by atoms with Crippen molar-refractivity contribution < 1.29 is 0 Å². The molecule has 1 heterocycles. The van der Waals surface area contributed by atoms with E-state index in [2.05, 4.69) is 58.5 Å². The van der Waals surface area contributed by atoms with Crippen LogP contribution in [-0.4, -0.2) is 47.6 Å². The van der Waals surface area contributed by atoms with Gasteiger partial charge in [-0.15, -0.1) is 0 Å². The molecule has 1 aliphatic heterocycles. The van der Waals surface area contributed by atoms with Gasteiger partial charge in [-0.1, -0.05) is 0 Å². The first-order valence-electron chi connectivity index (χ1n) is 5.59. The summed E-state index contributed by atoms with van der Waals surface area (Å²) < 4.78 is 0. The number of nitrogens with zero attached hydrogens (tertiary/aromatic N) is 2. The quantitative estimate of drug-likeness (QED) is 0.637. The van der Waals surface area contributed by atoms with Crippen LogP contribution in [0.15, 0.2) is 0 Å². The van der Waals surface area contributed by atoms with Crippen molar-refractivity contribution in [1.29, 1.82) is 0 Å². The minimum Gasteiger partial charge on any atom is -0.305 e. The van der Waals surface area contributed by atoms with E-state index in [0.29, 0.717) is 11.6 Å². The minimum absolute atomic E-state index is 0.286. The Labute approximate surface area is 89.3 Å². The van der Waals surface area contributed by atoms with Crippen molar-refractivity contribution in [2.75, 3.05) is 20.6 Å². The topological polar surface area (TPSA) is 6.48 Å². The van der Waals surface area contributed by atoms with Crippen LogP contribution >= 0.6 is 0 Å². The molecule has 2 heteroatoms. The Kier molecular flexibility index (Phi) is 2.99. The van der Waals surface area contributed by atoms with Crippen molar-refractivity contribution in [2.45, 2.75) is 58.2 Å². The molecular formula is C12H26N2. The lowest BCUT2D eigenvalue weighted by Crippen LogP contribution is -2.50. The van der Waals surface area contributed by atoms with E-state index in [1.165, 1.54) is 13.0 Å². The average Bonchev–Trinajstić information content (AvgIpc) is 2.24. The van der Waals surface area contributed by atoms with Gasteiger partial charge in [0.15, 0.2) is 0 Å². The van der Waals surface area contributed by atoms with Crippen LogP contribution < -0.4 is 0 Å². The molecule has 1 aliphatic rings. The molecule has 1 saturated heterocycles. The number of hydrogen-bond donors (Lipinski definition) is 0. The van der Waals surface area contributed by atoms with Crippen molar-refractivity contribution in [3.8, 4) is 0 Å². The Morgan fingerprint density at radius 3 is 1.93 bits per heavy atom. The highest BCUT2D eigenvalue weighted by Gasteiger charge is 2.43. The summed E-state index contributed by atoms with van der Waals surface area (Å²) in [5, 5.41) is 0. The highest BCUT2D eigenvalue weighted by Crippen LogP contribution is 2.36. The van der Waals surface area contributed by atoms with E-state index in [9.17, 15) is 0 Å². The lowest BCUT2D eigenvalue weighted by Gasteiger charge is -2.42. The van der Waals surface area contributed by atoms with E-state index in [4.69, 9.17) is 0 Å². The largest absolute Gasteiger partial charge is 0.305 e. The van der Waals surface area contributed by atoms with Crippen molar-refractivity contribution in [2.24, 2.45) is 0 Å². The number of likely N-dealkylation sites (tertiary alicyclic amines) is 1. The molecule has 84 valence electrons. The second kappa shape index (κ2) is 3.49. The Morgan fingerprint density at radius 1 is 1.21 bits per heavy atom.